The summed E-state index contributed by atoms with van der Waals surface area (Å²) in [6.07, 6.45) is 52.9. The van der Waals surface area contributed by atoms with Gasteiger partial charge in [-0.2, -0.15) is 0 Å². The minimum Gasteiger partial charge on any atom is -0.462 e. The van der Waals surface area contributed by atoms with Crippen LogP contribution in [0.25, 0.3) is 0 Å². The fraction of sp³-hybridized carbons (Fsp3) is 0.925. The number of carbonyl (C=O) groups excluding carboxylic acids is 2. The molecule has 0 aliphatic heterocycles. The van der Waals surface area contributed by atoms with Crippen LogP contribution in [0.2, 0.25) is 0 Å². The number of unbranched alkanes of at least 4 members (excludes halogenated alkanes) is 34. The molecule has 1 amide bonds. The molecule has 0 radical (unpaired) electrons. The molecule has 0 saturated carbocycles. The number of esters is 1. The van der Waals surface area contributed by atoms with Gasteiger partial charge in [-0.3, -0.25) is 9.59 Å². The lowest BCUT2D eigenvalue weighted by Gasteiger charge is -2.24. The predicted molar refractivity (Wildman–Crippen MR) is 255 cm³/mol. The van der Waals surface area contributed by atoms with Gasteiger partial charge < -0.3 is 20.3 Å². The van der Waals surface area contributed by atoms with E-state index in [-0.39, 0.29) is 24.9 Å². The normalized spacial score (nSPS) is 13.2. The molecule has 3 atom stereocenters. The number of nitrogens with one attached hydrogen (secondary N) is 1. The number of ether oxygens (including phenoxy) is 1. The van der Waals surface area contributed by atoms with Crippen molar-refractivity contribution in [1.29, 1.82) is 0 Å². The third kappa shape index (κ3) is 43.1. The minimum atomic E-state index is -0.785. The first kappa shape index (κ1) is 57.6. The summed E-state index contributed by atoms with van der Waals surface area (Å²) in [4.78, 5) is 26.0. The minimum absolute atomic E-state index is 0.0728. The van der Waals surface area contributed by atoms with Gasteiger partial charge in [0.2, 0.25) is 5.91 Å². The summed E-state index contributed by atoms with van der Waals surface area (Å²) in [6, 6.07) is -0.699. The van der Waals surface area contributed by atoms with E-state index in [0.29, 0.717) is 19.3 Å². The Balaban J connectivity index is 4.34. The first-order valence-electron chi connectivity index (χ1n) is 26.4. The van der Waals surface area contributed by atoms with Crippen molar-refractivity contribution in [2.75, 3.05) is 6.61 Å². The Hall–Kier alpha value is -1.40. The Bertz CT molecular complexity index is 893. The summed E-state index contributed by atoms with van der Waals surface area (Å²) in [5.41, 5.74) is 0. The van der Waals surface area contributed by atoms with Gasteiger partial charge in [-0.05, 0) is 44.9 Å². The van der Waals surface area contributed by atoms with E-state index in [1.165, 1.54) is 180 Å². The molecule has 0 aromatic rings. The summed E-state index contributed by atoms with van der Waals surface area (Å²) >= 11 is 0. The average Bonchev–Trinajstić information content (AvgIpc) is 3.23. The van der Waals surface area contributed by atoms with Gasteiger partial charge in [-0.25, -0.2) is 0 Å². The second kappa shape index (κ2) is 47.6. The maximum Gasteiger partial charge on any atom is 0.306 e. The van der Waals surface area contributed by atoms with Crippen molar-refractivity contribution in [2.45, 2.75) is 309 Å². The van der Waals surface area contributed by atoms with Gasteiger partial charge in [0.25, 0.3) is 0 Å². The first-order chi connectivity index (χ1) is 29.0. The van der Waals surface area contributed by atoms with Crippen molar-refractivity contribution in [2.24, 2.45) is 0 Å². The van der Waals surface area contributed by atoms with Gasteiger partial charge in [0.05, 0.1) is 25.2 Å². The summed E-state index contributed by atoms with van der Waals surface area (Å²) in [5.74, 6) is -0.476. The molecular weight excluding hydrogens is 731 g/mol. The molecule has 6 nitrogen and oxygen atoms in total. The largest absolute Gasteiger partial charge is 0.462 e. The molecule has 0 bridgehead atoms. The van der Waals surface area contributed by atoms with Crippen molar-refractivity contribution in [1.82, 2.24) is 5.32 Å². The summed E-state index contributed by atoms with van der Waals surface area (Å²) in [6.45, 7) is 6.44. The lowest BCUT2D eigenvalue weighted by molar-refractivity contribution is -0.151. The van der Waals surface area contributed by atoms with Gasteiger partial charge >= 0.3 is 5.97 Å². The maximum absolute atomic E-state index is 13.2. The van der Waals surface area contributed by atoms with Gasteiger partial charge in [-0.15, -0.1) is 0 Å². The van der Waals surface area contributed by atoms with Crippen LogP contribution in [0, 0.1) is 0 Å². The molecule has 0 heterocycles. The molecule has 0 spiro atoms. The zero-order valence-electron chi connectivity index (χ0n) is 39.9. The second-order valence-electron chi connectivity index (χ2n) is 18.3. The van der Waals surface area contributed by atoms with Crippen LogP contribution >= 0.6 is 0 Å². The highest BCUT2D eigenvalue weighted by Gasteiger charge is 2.24. The van der Waals surface area contributed by atoms with E-state index in [0.717, 1.165) is 64.2 Å². The topological polar surface area (TPSA) is 95.9 Å². The summed E-state index contributed by atoms with van der Waals surface area (Å²) < 4.78 is 5.91. The SMILES string of the molecule is CCC/C=C\CCCCCC(CC(=O)NC(CO)C(O)CCCCCCCCCCCCCCCCCC)OC(=O)CCCCCCCCCCCCCCCCCC. The van der Waals surface area contributed by atoms with Gasteiger partial charge in [-0.1, -0.05) is 245 Å². The Labute approximate surface area is 368 Å². The zero-order valence-corrected chi connectivity index (χ0v) is 39.9. The molecule has 0 aliphatic carbocycles. The smallest absolute Gasteiger partial charge is 0.306 e. The Kier molecular flexibility index (Phi) is 46.5. The van der Waals surface area contributed by atoms with Crippen LogP contribution in [0.5, 0.6) is 0 Å². The van der Waals surface area contributed by atoms with Crippen LogP contribution in [0.1, 0.15) is 290 Å². The van der Waals surface area contributed by atoms with Crippen LogP contribution in [0.15, 0.2) is 12.2 Å². The monoisotopic (exact) mass is 834 g/mol. The first-order valence-corrected chi connectivity index (χ1v) is 26.4. The molecule has 0 aromatic heterocycles. The van der Waals surface area contributed by atoms with E-state index in [2.05, 4.69) is 38.2 Å². The Morgan fingerprint density at radius 1 is 0.475 bits per heavy atom. The Morgan fingerprint density at radius 2 is 0.847 bits per heavy atom. The molecule has 0 fully saturated rings. The third-order valence-corrected chi connectivity index (χ3v) is 12.3. The molecule has 3 N–H and O–H groups in total. The van der Waals surface area contributed by atoms with Crippen LogP contribution in [-0.4, -0.2) is 46.9 Å². The van der Waals surface area contributed by atoms with E-state index >= 15 is 0 Å². The average molecular weight is 834 g/mol. The van der Waals surface area contributed by atoms with Crippen molar-refractivity contribution in [3.63, 3.8) is 0 Å². The van der Waals surface area contributed by atoms with Crippen LogP contribution < -0.4 is 5.32 Å². The van der Waals surface area contributed by atoms with E-state index in [9.17, 15) is 19.8 Å². The number of hydrogen-bond donors (Lipinski definition) is 3. The maximum atomic E-state index is 13.2. The fourth-order valence-electron chi connectivity index (χ4n) is 8.32. The standard InChI is InChI=1S/C53H103NO5/c1-4-7-10-13-16-19-21-23-25-27-29-31-33-36-39-42-45-51(56)50(48-55)54-52(57)47-49(44-41-38-35-18-15-12-9-6-3)59-53(58)46-43-40-37-34-32-30-28-26-24-22-20-17-14-11-8-5-2/h12,15,49-51,55-56H,4-11,13-14,16-48H2,1-3H3,(H,54,57)/b15-12-. The quantitative estimate of drug-likeness (QED) is 0.0322. The number of rotatable bonds is 48. The predicted octanol–water partition coefficient (Wildman–Crippen LogP) is 15.7. The highest BCUT2D eigenvalue weighted by molar-refractivity contribution is 5.77. The van der Waals surface area contributed by atoms with Crippen LogP contribution in [-0.2, 0) is 14.3 Å². The highest BCUT2D eigenvalue weighted by Crippen LogP contribution is 2.18. The number of amides is 1. The molecule has 6 heteroatoms. The molecule has 0 aromatic carbocycles. The van der Waals surface area contributed by atoms with E-state index in [4.69, 9.17) is 4.74 Å². The highest BCUT2D eigenvalue weighted by atomic mass is 16.5. The lowest BCUT2D eigenvalue weighted by Crippen LogP contribution is -2.46. The van der Waals surface area contributed by atoms with Gasteiger partial charge in [0.15, 0.2) is 0 Å². The summed E-state index contributed by atoms with van der Waals surface area (Å²) in [7, 11) is 0. The number of aliphatic hydroxyl groups excluding tert-OH is 2. The van der Waals surface area contributed by atoms with Crippen molar-refractivity contribution in [3.8, 4) is 0 Å². The van der Waals surface area contributed by atoms with Crippen molar-refractivity contribution >= 4 is 11.9 Å². The van der Waals surface area contributed by atoms with Gasteiger partial charge in [0.1, 0.15) is 6.10 Å². The molecule has 0 rings (SSSR count). The number of carbonyl (C=O) groups is 2. The molecule has 3 unspecified atom stereocenters. The van der Waals surface area contributed by atoms with Gasteiger partial charge in [0, 0.05) is 6.42 Å². The lowest BCUT2D eigenvalue weighted by atomic mass is 10.0. The number of hydrogen-bond acceptors (Lipinski definition) is 5. The van der Waals surface area contributed by atoms with Crippen LogP contribution in [0.3, 0.4) is 0 Å². The molecule has 59 heavy (non-hydrogen) atoms. The number of allylic oxidation sites excluding steroid dienone is 2. The second-order valence-corrected chi connectivity index (χ2v) is 18.3. The van der Waals surface area contributed by atoms with Crippen molar-refractivity contribution in [3.05, 3.63) is 12.2 Å². The zero-order chi connectivity index (χ0) is 43.1. The van der Waals surface area contributed by atoms with Crippen LogP contribution in [0.4, 0.5) is 0 Å². The van der Waals surface area contributed by atoms with Crippen molar-refractivity contribution < 1.29 is 24.5 Å². The van der Waals surface area contributed by atoms with E-state index < -0.39 is 18.2 Å². The van der Waals surface area contributed by atoms with E-state index in [1.807, 2.05) is 0 Å². The molecule has 350 valence electrons. The summed E-state index contributed by atoms with van der Waals surface area (Å²) in [5, 5.41) is 23.7. The molecule has 0 aliphatic rings. The Morgan fingerprint density at radius 3 is 1.27 bits per heavy atom. The molecule has 0 saturated heterocycles. The number of aliphatic hydroxyl groups is 2. The van der Waals surface area contributed by atoms with E-state index in [1.54, 1.807) is 0 Å². The fourth-order valence-corrected chi connectivity index (χ4v) is 8.32. The third-order valence-electron chi connectivity index (χ3n) is 12.3. The molecular formula is C53H103NO5.